The van der Waals surface area contributed by atoms with Crippen molar-refractivity contribution in [1.82, 2.24) is 4.98 Å². The molecule has 0 aromatic carbocycles. The molecule has 0 aliphatic heterocycles. The van der Waals surface area contributed by atoms with Gasteiger partial charge in [-0.3, -0.25) is 0 Å². The van der Waals surface area contributed by atoms with Gasteiger partial charge >= 0.3 is 12.4 Å². The first-order valence-electron chi connectivity index (χ1n) is 4.33. The van der Waals surface area contributed by atoms with Crippen molar-refractivity contribution < 1.29 is 31.1 Å². The summed E-state index contributed by atoms with van der Waals surface area (Å²) in [5.74, 6) is -0.727. The lowest BCUT2D eigenvalue weighted by Crippen LogP contribution is -2.46. The number of hydrogen-bond acceptors (Lipinski definition) is 2. The summed E-state index contributed by atoms with van der Waals surface area (Å²) in [6, 6.07) is 2.24. The van der Waals surface area contributed by atoms with Gasteiger partial charge in [0.05, 0.1) is 0 Å². The lowest BCUT2D eigenvalue weighted by Gasteiger charge is -2.23. The topological polar surface area (TPSA) is 22.1 Å². The Morgan fingerprint density at radius 2 is 1.59 bits per heavy atom. The molecule has 0 atom stereocenters. The second-order valence-corrected chi connectivity index (χ2v) is 3.25. The highest BCUT2D eigenvalue weighted by Gasteiger charge is 2.59. The minimum Gasteiger partial charge on any atom is -0.455 e. The van der Waals surface area contributed by atoms with E-state index in [1.165, 1.54) is 6.07 Å². The number of aryl methyl sites for hydroxylation is 1. The SMILES string of the molecule is Cc1ccc(OC(C(F)(F)F)C(F)(F)F)nc1. The Morgan fingerprint density at radius 3 is 1.94 bits per heavy atom. The zero-order chi connectivity index (χ0) is 13.3. The summed E-state index contributed by atoms with van der Waals surface area (Å²) in [5.41, 5.74) is 0.591. The molecule has 1 heterocycles. The van der Waals surface area contributed by atoms with Crippen molar-refractivity contribution in [2.75, 3.05) is 0 Å². The highest BCUT2D eigenvalue weighted by molar-refractivity contribution is 5.16. The molecule has 0 N–H and O–H groups in total. The van der Waals surface area contributed by atoms with Crippen LogP contribution in [-0.2, 0) is 0 Å². The van der Waals surface area contributed by atoms with E-state index in [1.807, 2.05) is 0 Å². The summed E-state index contributed by atoms with van der Waals surface area (Å²) in [6.07, 6.45) is -13.8. The van der Waals surface area contributed by atoms with Crippen molar-refractivity contribution in [2.45, 2.75) is 25.4 Å². The predicted molar refractivity (Wildman–Crippen MR) is 45.5 cm³/mol. The van der Waals surface area contributed by atoms with Crippen LogP contribution in [0.5, 0.6) is 5.88 Å². The van der Waals surface area contributed by atoms with Gasteiger partial charge in [-0.2, -0.15) is 26.3 Å². The van der Waals surface area contributed by atoms with Crippen molar-refractivity contribution in [3.05, 3.63) is 23.9 Å². The highest BCUT2D eigenvalue weighted by Crippen LogP contribution is 2.35. The van der Waals surface area contributed by atoms with Gasteiger partial charge in [0.15, 0.2) is 0 Å². The third-order valence-corrected chi connectivity index (χ3v) is 1.72. The van der Waals surface area contributed by atoms with Crippen LogP contribution in [0.15, 0.2) is 18.3 Å². The number of pyridine rings is 1. The van der Waals surface area contributed by atoms with Crippen LogP contribution in [0.3, 0.4) is 0 Å². The van der Waals surface area contributed by atoms with E-state index in [1.54, 1.807) is 6.92 Å². The fraction of sp³-hybridized carbons (Fsp3) is 0.444. The fourth-order valence-corrected chi connectivity index (χ4v) is 0.964. The maximum Gasteiger partial charge on any atom is 0.434 e. The maximum atomic E-state index is 12.1. The van der Waals surface area contributed by atoms with E-state index in [0.717, 1.165) is 12.3 Å². The van der Waals surface area contributed by atoms with E-state index in [4.69, 9.17) is 0 Å². The first-order chi connectivity index (χ1) is 7.60. The summed E-state index contributed by atoms with van der Waals surface area (Å²) in [6.45, 7) is 1.59. The van der Waals surface area contributed by atoms with Crippen molar-refractivity contribution >= 4 is 0 Å². The smallest absolute Gasteiger partial charge is 0.434 e. The molecule has 0 bridgehead atoms. The molecule has 1 rings (SSSR count). The molecule has 8 heteroatoms. The van der Waals surface area contributed by atoms with Gasteiger partial charge in [0, 0.05) is 12.3 Å². The Hall–Kier alpha value is -1.47. The van der Waals surface area contributed by atoms with Crippen LogP contribution < -0.4 is 4.74 Å². The van der Waals surface area contributed by atoms with Crippen LogP contribution in [-0.4, -0.2) is 23.4 Å². The van der Waals surface area contributed by atoms with Crippen LogP contribution in [0, 0.1) is 6.92 Å². The molecule has 0 unspecified atom stereocenters. The van der Waals surface area contributed by atoms with Gasteiger partial charge in [-0.05, 0) is 12.5 Å². The zero-order valence-electron chi connectivity index (χ0n) is 8.43. The molecule has 0 aliphatic rings. The summed E-state index contributed by atoms with van der Waals surface area (Å²) >= 11 is 0. The van der Waals surface area contributed by atoms with E-state index >= 15 is 0 Å². The van der Waals surface area contributed by atoms with E-state index in [9.17, 15) is 26.3 Å². The fourth-order valence-electron chi connectivity index (χ4n) is 0.964. The molecule has 2 nitrogen and oxygen atoms in total. The average Bonchev–Trinajstić information content (AvgIpc) is 2.13. The van der Waals surface area contributed by atoms with Gasteiger partial charge in [-0.1, -0.05) is 6.07 Å². The Morgan fingerprint density at radius 1 is 1.06 bits per heavy atom. The molecule has 0 amide bonds. The lowest BCUT2D eigenvalue weighted by atomic mass is 10.3. The summed E-state index contributed by atoms with van der Waals surface area (Å²) < 4.78 is 76.5. The van der Waals surface area contributed by atoms with Gasteiger partial charge in [-0.25, -0.2) is 4.98 Å². The average molecular weight is 259 g/mol. The van der Waals surface area contributed by atoms with E-state index in [-0.39, 0.29) is 0 Å². The van der Waals surface area contributed by atoms with Crippen LogP contribution in [0.4, 0.5) is 26.3 Å². The lowest BCUT2D eigenvalue weighted by molar-refractivity contribution is -0.300. The second kappa shape index (κ2) is 4.42. The van der Waals surface area contributed by atoms with Crippen LogP contribution in [0.25, 0.3) is 0 Å². The van der Waals surface area contributed by atoms with Crippen LogP contribution in [0.1, 0.15) is 5.56 Å². The summed E-state index contributed by atoms with van der Waals surface area (Å²) in [5, 5.41) is 0. The van der Waals surface area contributed by atoms with Gasteiger partial charge < -0.3 is 4.74 Å². The molecule has 1 aromatic rings. The van der Waals surface area contributed by atoms with Gasteiger partial charge in [0.2, 0.25) is 5.88 Å². The molecule has 96 valence electrons. The number of alkyl halides is 6. The van der Waals surface area contributed by atoms with E-state index in [0.29, 0.717) is 5.56 Å². The zero-order valence-corrected chi connectivity index (χ0v) is 8.43. The number of nitrogens with zero attached hydrogens (tertiary/aromatic N) is 1. The Balaban J connectivity index is 2.92. The molecule has 0 fully saturated rings. The number of aromatic nitrogens is 1. The molecule has 17 heavy (non-hydrogen) atoms. The van der Waals surface area contributed by atoms with Crippen molar-refractivity contribution in [3.8, 4) is 5.88 Å². The van der Waals surface area contributed by atoms with Crippen LogP contribution in [0.2, 0.25) is 0 Å². The monoisotopic (exact) mass is 259 g/mol. The van der Waals surface area contributed by atoms with Gasteiger partial charge in [0.25, 0.3) is 6.10 Å². The number of hydrogen-bond donors (Lipinski definition) is 0. The van der Waals surface area contributed by atoms with Crippen LogP contribution >= 0.6 is 0 Å². The second-order valence-electron chi connectivity index (χ2n) is 3.25. The summed E-state index contributed by atoms with van der Waals surface area (Å²) in [4.78, 5) is 3.32. The Labute approximate surface area is 92.2 Å². The molecular weight excluding hydrogens is 252 g/mol. The molecule has 1 aromatic heterocycles. The first-order valence-corrected chi connectivity index (χ1v) is 4.33. The Kier molecular flexibility index (Phi) is 3.53. The minimum absolute atomic E-state index is 0.591. The van der Waals surface area contributed by atoms with Gasteiger partial charge in [-0.15, -0.1) is 0 Å². The van der Waals surface area contributed by atoms with Gasteiger partial charge in [0.1, 0.15) is 0 Å². The highest BCUT2D eigenvalue weighted by atomic mass is 19.4. The van der Waals surface area contributed by atoms with Crippen molar-refractivity contribution in [3.63, 3.8) is 0 Å². The first kappa shape index (κ1) is 13.6. The normalized spacial score (nSPS) is 12.9. The molecule has 0 spiro atoms. The number of halogens is 6. The number of rotatable bonds is 2. The molecule has 0 radical (unpaired) electrons. The largest absolute Gasteiger partial charge is 0.455 e. The molecule has 0 saturated heterocycles. The van der Waals surface area contributed by atoms with E-state index in [2.05, 4.69) is 9.72 Å². The third kappa shape index (κ3) is 3.79. The predicted octanol–water partition coefficient (Wildman–Crippen LogP) is 3.26. The van der Waals surface area contributed by atoms with Crippen molar-refractivity contribution in [2.24, 2.45) is 0 Å². The quantitative estimate of drug-likeness (QED) is 0.760. The third-order valence-electron chi connectivity index (χ3n) is 1.72. The molecular formula is C9H7F6NO. The molecule has 0 aliphatic carbocycles. The standard InChI is InChI=1S/C9H7F6NO/c1-5-2-3-6(16-4-5)17-7(8(10,11)12)9(13,14)15/h2-4,7H,1H3. The maximum absolute atomic E-state index is 12.1. The van der Waals surface area contributed by atoms with Crippen molar-refractivity contribution in [1.29, 1.82) is 0 Å². The summed E-state index contributed by atoms with van der Waals surface area (Å²) in [7, 11) is 0. The van der Waals surface area contributed by atoms with E-state index < -0.39 is 24.3 Å². The molecule has 0 saturated carbocycles. The Bertz CT molecular complexity index is 355. The minimum atomic E-state index is -5.54. The number of ether oxygens (including phenoxy) is 1.